The van der Waals surface area contributed by atoms with Crippen molar-refractivity contribution in [1.82, 2.24) is 25.1 Å². The Hall–Kier alpha value is -2.04. The van der Waals surface area contributed by atoms with Crippen molar-refractivity contribution in [2.45, 2.75) is 38.3 Å². The van der Waals surface area contributed by atoms with E-state index < -0.39 is 18.6 Å². The summed E-state index contributed by atoms with van der Waals surface area (Å²) in [7, 11) is 0. The molecule has 0 atom stereocenters. The molecule has 2 heterocycles. The monoisotopic (exact) mass is 377 g/mol. The first kappa shape index (κ1) is 19.3. The van der Waals surface area contributed by atoms with Crippen molar-refractivity contribution in [3.05, 3.63) is 24.2 Å². The molecule has 0 aliphatic heterocycles. The van der Waals surface area contributed by atoms with Crippen LogP contribution in [0.5, 0.6) is 0 Å². The van der Waals surface area contributed by atoms with Gasteiger partial charge in [0.05, 0.1) is 18.6 Å². The highest BCUT2D eigenvalue weighted by Gasteiger charge is 2.33. The van der Waals surface area contributed by atoms with Crippen LogP contribution in [0.1, 0.15) is 19.6 Å². The average Bonchev–Trinajstić information content (AvgIpc) is 3.14. The van der Waals surface area contributed by atoms with Crippen LogP contribution >= 0.6 is 11.8 Å². The van der Waals surface area contributed by atoms with Crippen LogP contribution in [0.15, 0.2) is 28.0 Å². The van der Waals surface area contributed by atoms with Crippen molar-refractivity contribution in [1.29, 1.82) is 0 Å². The molecule has 2 rings (SSSR count). The van der Waals surface area contributed by atoms with E-state index in [0.717, 1.165) is 11.8 Å². The molecule has 2 aromatic heterocycles. The molecule has 138 valence electrons. The second kappa shape index (κ2) is 8.37. The molecule has 0 aliphatic carbocycles. The van der Waals surface area contributed by atoms with E-state index in [2.05, 4.69) is 15.5 Å². The van der Waals surface area contributed by atoms with Gasteiger partial charge in [-0.25, -0.2) is 4.68 Å². The van der Waals surface area contributed by atoms with E-state index >= 15 is 0 Å². The smallest absolute Gasteiger partial charge is 0.406 e. The number of aromatic nitrogens is 4. The second-order valence-electron chi connectivity index (χ2n) is 5.77. The maximum absolute atomic E-state index is 12.7. The normalized spacial score (nSPS) is 11.9. The van der Waals surface area contributed by atoms with Crippen LogP contribution < -0.4 is 0 Å². The molecular weight excluding hydrogens is 359 g/mol. The summed E-state index contributed by atoms with van der Waals surface area (Å²) in [6.07, 6.45) is -3.15. The first-order valence-electron chi connectivity index (χ1n) is 7.50. The Morgan fingerprint density at radius 2 is 2.20 bits per heavy atom. The fraction of sp³-hybridized carbons (Fsp3) is 0.571. The van der Waals surface area contributed by atoms with Gasteiger partial charge in [0.2, 0.25) is 11.1 Å². The number of alkyl halides is 3. The minimum absolute atomic E-state index is 0.199. The molecule has 25 heavy (non-hydrogen) atoms. The topological polar surface area (TPSA) is 77.1 Å². The van der Waals surface area contributed by atoms with E-state index in [0.29, 0.717) is 22.5 Å². The van der Waals surface area contributed by atoms with Gasteiger partial charge < -0.3 is 9.32 Å². The van der Waals surface area contributed by atoms with Crippen molar-refractivity contribution in [2.24, 2.45) is 5.92 Å². The van der Waals surface area contributed by atoms with Crippen LogP contribution in [-0.4, -0.2) is 49.5 Å². The van der Waals surface area contributed by atoms with Crippen molar-refractivity contribution >= 4 is 17.7 Å². The van der Waals surface area contributed by atoms with Gasteiger partial charge in [-0.05, 0) is 28.5 Å². The van der Waals surface area contributed by atoms with E-state index in [4.69, 9.17) is 4.42 Å². The number of halogens is 3. The van der Waals surface area contributed by atoms with Gasteiger partial charge in [-0.1, -0.05) is 25.6 Å². The molecule has 0 N–H and O–H groups in total. The lowest BCUT2D eigenvalue weighted by molar-refractivity contribution is -0.161. The van der Waals surface area contributed by atoms with Crippen LogP contribution in [0.25, 0.3) is 0 Å². The summed E-state index contributed by atoms with van der Waals surface area (Å²) in [5.74, 6) is -0.292. The molecule has 0 fully saturated rings. The number of carbonyl (C=O) groups excluding carboxylic acids is 1. The molecular formula is C14H18F3N5O2S. The fourth-order valence-corrected chi connectivity index (χ4v) is 2.81. The highest BCUT2D eigenvalue weighted by Crippen LogP contribution is 2.21. The van der Waals surface area contributed by atoms with Gasteiger partial charge in [0.1, 0.15) is 12.3 Å². The van der Waals surface area contributed by atoms with E-state index in [1.54, 1.807) is 6.07 Å². The molecule has 0 spiro atoms. The lowest BCUT2D eigenvalue weighted by Crippen LogP contribution is -2.39. The Balaban J connectivity index is 2.00. The highest BCUT2D eigenvalue weighted by molar-refractivity contribution is 7.99. The molecule has 2 aromatic rings. The van der Waals surface area contributed by atoms with Crippen molar-refractivity contribution in [3.63, 3.8) is 0 Å². The molecule has 0 saturated carbocycles. The predicted molar refractivity (Wildman–Crippen MR) is 83.6 cm³/mol. The van der Waals surface area contributed by atoms with Crippen LogP contribution in [0.4, 0.5) is 13.2 Å². The second-order valence-corrected chi connectivity index (χ2v) is 6.71. The van der Waals surface area contributed by atoms with Crippen molar-refractivity contribution in [2.75, 3.05) is 12.3 Å². The number of hydrogen-bond acceptors (Lipinski definition) is 6. The Bertz CT molecular complexity index is 672. The number of hydrogen-bond donors (Lipinski definition) is 0. The number of tetrazole rings is 1. The molecule has 0 bridgehead atoms. The number of rotatable bonds is 8. The molecule has 11 heteroatoms. The van der Waals surface area contributed by atoms with E-state index in [9.17, 15) is 18.0 Å². The Morgan fingerprint density at radius 1 is 1.44 bits per heavy atom. The summed E-state index contributed by atoms with van der Waals surface area (Å²) >= 11 is 1.01. The molecule has 0 aliphatic rings. The number of nitrogens with zero attached hydrogens (tertiary/aromatic N) is 5. The Labute approximate surface area is 146 Å². The third-order valence-corrected chi connectivity index (χ3v) is 3.95. The zero-order valence-corrected chi connectivity index (χ0v) is 14.5. The van der Waals surface area contributed by atoms with Crippen molar-refractivity contribution in [3.8, 4) is 0 Å². The molecule has 0 saturated heterocycles. The number of thioether (sulfide) groups is 1. The fourth-order valence-electron chi connectivity index (χ4n) is 2.02. The standard InChI is InChI=1S/C14H18F3N5O2S/c1-10(2)6-22-13(18-19-20-22)25-8-12(23)21(9-14(15,16)17)7-11-4-3-5-24-11/h3-5,10H,6-9H2,1-2H3. The summed E-state index contributed by atoms with van der Waals surface area (Å²) in [4.78, 5) is 13.0. The number of amides is 1. The summed E-state index contributed by atoms with van der Waals surface area (Å²) in [5.41, 5.74) is 0. The lowest BCUT2D eigenvalue weighted by Gasteiger charge is -2.22. The molecule has 1 amide bonds. The van der Waals surface area contributed by atoms with Gasteiger partial charge in [-0.3, -0.25) is 4.79 Å². The summed E-state index contributed by atoms with van der Waals surface area (Å²) < 4.78 is 44.8. The maximum Gasteiger partial charge on any atom is 0.406 e. The third-order valence-electron chi connectivity index (χ3n) is 3.01. The Morgan fingerprint density at radius 3 is 2.80 bits per heavy atom. The van der Waals surface area contributed by atoms with Crippen LogP contribution in [0, 0.1) is 5.92 Å². The molecule has 7 nitrogen and oxygen atoms in total. The molecule has 0 unspecified atom stereocenters. The zero-order valence-electron chi connectivity index (χ0n) is 13.7. The maximum atomic E-state index is 12.7. The number of furan rings is 1. The van der Waals surface area contributed by atoms with Gasteiger partial charge in [0.15, 0.2) is 0 Å². The minimum atomic E-state index is -4.49. The SMILES string of the molecule is CC(C)Cn1nnnc1SCC(=O)N(Cc1ccco1)CC(F)(F)F. The van der Waals surface area contributed by atoms with E-state index in [1.165, 1.54) is 17.0 Å². The quantitative estimate of drug-likeness (QED) is 0.658. The van der Waals surface area contributed by atoms with Crippen LogP contribution in [0.3, 0.4) is 0 Å². The zero-order chi connectivity index (χ0) is 18.4. The Kier molecular flexibility index (Phi) is 6.45. The summed E-state index contributed by atoms with van der Waals surface area (Å²) in [6.45, 7) is 2.93. The van der Waals surface area contributed by atoms with Crippen LogP contribution in [0.2, 0.25) is 0 Å². The highest BCUT2D eigenvalue weighted by atomic mass is 32.2. The summed E-state index contributed by atoms with van der Waals surface area (Å²) in [5, 5.41) is 11.6. The number of carbonyl (C=O) groups is 1. The largest absolute Gasteiger partial charge is 0.467 e. The van der Waals surface area contributed by atoms with E-state index in [-0.39, 0.29) is 18.1 Å². The first-order valence-corrected chi connectivity index (χ1v) is 8.49. The van der Waals surface area contributed by atoms with E-state index in [1.807, 2.05) is 13.8 Å². The molecule has 0 aromatic carbocycles. The predicted octanol–water partition coefficient (Wildman–Crippen LogP) is 2.61. The van der Waals surface area contributed by atoms with Gasteiger partial charge in [0.25, 0.3) is 0 Å². The average molecular weight is 377 g/mol. The van der Waals surface area contributed by atoms with Crippen LogP contribution in [-0.2, 0) is 17.9 Å². The van der Waals surface area contributed by atoms with Gasteiger partial charge in [-0.15, -0.1) is 5.10 Å². The summed E-state index contributed by atoms with van der Waals surface area (Å²) in [6, 6.07) is 3.08. The van der Waals surface area contributed by atoms with Gasteiger partial charge >= 0.3 is 6.18 Å². The third kappa shape index (κ3) is 6.40. The van der Waals surface area contributed by atoms with Gasteiger partial charge in [-0.2, -0.15) is 13.2 Å². The minimum Gasteiger partial charge on any atom is -0.467 e. The molecule has 0 radical (unpaired) electrons. The first-order chi connectivity index (χ1) is 11.7. The lowest BCUT2D eigenvalue weighted by atomic mass is 10.2. The van der Waals surface area contributed by atoms with Gasteiger partial charge in [0, 0.05) is 6.54 Å². The van der Waals surface area contributed by atoms with Crippen molar-refractivity contribution < 1.29 is 22.4 Å².